The maximum atomic E-state index is 14.0. The summed E-state index contributed by atoms with van der Waals surface area (Å²) in [6.07, 6.45) is -2.02. The highest BCUT2D eigenvalue weighted by molar-refractivity contribution is 6.48. The topological polar surface area (TPSA) is 308 Å². The van der Waals surface area contributed by atoms with E-state index < -0.39 is 106 Å². The zero-order valence-electron chi connectivity index (χ0n) is 31.2. The molecule has 0 N–H and O–H groups in total. The molecular weight excluding hydrogens is 809 g/mol. The van der Waals surface area contributed by atoms with Gasteiger partial charge in [0.15, 0.2) is 0 Å². The summed E-state index contributed by atoms with van der Waals surface area (Å²) in [6, 6.07) is 11.1. The number of hydrogen-bond acceptors (Lipinski definition) is 18. The van der Waals surface area contributed by atoms with Crippen molar-refractivity contribution in [3.8, 4) is 22.5 Å². The number of cyclic esters (lactones) is 1. The standard InChI is InChI=1S/C37H23BN7O16/c1-3-37(25-12-29-32-18(13-41(29)34(47)24(25)14-58-36(37)49)6-17-7-19(38-59-15-46)4-5-26(17)39-32)60-35(48)16(2)61-40-33-22-8-20(42(50)51)10-27(44(54)55)30(22)31-23(33)9-21(43(52)53)11-28(31)45(56)57/h4-12,15-16H,3,13-14H2,1-2H3/t16-,37-/m0/s1. The van der Waals surface area contributed by atoms with E-state index in [-0.39, 0.29) is 30.6 Å². The summed E-state index contributed by atoms with van der Waals surface area (Å²) in [5.41, 5.74) is -6.36. The minimum Gasteiger partial charge on any atom is -0.535 e. The van der Waals surface area contributed by atoms with Crippen molar-refractivity contribution in [3.05, 3.63) is 133 Å². The number of benzene rings is 3. The van der Waals surface area contributed by atoms with Crippen LogP contribution in [0, 0.1) is 40.5 Å². The summed E-state index contributed by atoms with van der Waals surface area (Å²) in [4.78, 5) is 106. The van der Waals surface area contributed by atoms with Crippen LogP contribution in [0.15, 0.2) is 64.5 Å². The molecule has 305 valence electrons. The molecule has 2 atom stereocenters. The van der Waals surface area contributed by atoms with Gasteiger partial charge in [-0.2, -0.15) is 0 Å². The number of non-ortho nitro benzene ring substituents is 2. The number of rotatable bonds is 12. The number of oxime groups is 1. The second kappa shape index (κ2) is 14.4. The van der Waals surface area contributed by atoms with Gasteiger partial charge in [0.2, 0.25) is 11.7 Å². The van der Waals surface area contributed by atoms with E-state index in [0.29, 0.717) is 45.4 Å². The summed E-state index contributed by atoms with van der Waals surface area (Å²) in [5, 5.41) is 52.5. The molecule has 23 nitrogen and oxygen atoms in total. The zero-order chi connectivity index (χ0) is 43.7. The van der Waals surface area contributed by atoms with E-state index in [1.54, 1.807) is 18.2 Å². The predicted molar refractivity (Wildman–Crippen MR) is 206 cm³/mol. The van der Waals surface area contributed by atoms with Gasteiger partial charge in [-0.3, -0.25) is 50.0 Å². The van der Waals surface area contributed by atoms with Gasteiger partial charge in [0, 0.05) is 39.8 Å². The Morgan fingerprint density at radius 2 is 1.59 bits per heavy atom. The lowest BCUT2D eigenvalue weighted by atomic mass is 9.85. The number of aromatic nitrogens is 2. The van der Waals surface area contributed by atoms with Gasteiger partial charge in [0.05, 0.1) is 72.0 Å². The van der Waals surface area contributed by atoms with Crippen molar-refractivity contribution in [2.45, 2.75) is 45.1 Å². The fourth-order valence-electron chi connectivity index (χ4n) is 7.64. The second-order valence-electron chi connectivity index (χ2n) is 13.8. The average molecular weight is 832 g/mol. The van der Waals surface area contributed by atoms with Gasteiger partial charge < -0.3 is 23.5 Å². The predicted octanol–water partition coefficient (Wildman–Crippen LogP) is 3.52. The number of carbonyl (C=O) groups excluding carboxylic acids is 3. The number of esters is 2. The number of ether oxygens (including phenoxy) is 2. The molecule has 0 bridgehead atoms. The van der Waals surface area contributed by atoms with Gasteiger partial charge in [-0.1, -0.05) is 24.2 Å². The highest BCUT2D eigenvalue weighted by Crippen LogP contribution is 2.50. The fourth-order valence-corrected chi connectivity index (χ4v) is 7.64. The molecule has 0 saturated carbocycles. The lowest BCUT2D eigenvalue weighted by molar-refractivity contribution is -0.395. The fraction of sp³-hybridized carbons (Fsp3) is 0.189. The monoisotopic (exact) mass is 832 g/mol. The first-order chi connectivity index (χ1) is 29.1. The molecule has 3 aliphatic rings. The first-order valence-electron chi connectivity index (χ1n) is 17.8. The SMILES string of the molecule is CC[C@@]1(OC(=O)[C@H](C)ON=C2c3cc([N+](=O)[O-])cc([N+](=O)[O-])c3-c3c2cc([N+](=O)[O-])cc3[N+](=O)[O-])C(=O)OCc2c1cc1n(c2=O)Cc2cc3cc([B]OC=O)ccc3nc2-1. The van der Waals surface area contributed by atoms with E-state index in [2.05, 4.69) is 5.16 Å². The number of fused-ring (bicyclic) bond motifs is 8. The molecule has 1 radical (unpaired) electrons. The van der Waals surface area contributed by atoms with Crippen LogP contribution in [0.2, 0.25) is 0 Å². The van der Waals surface area contributed by atoms with Crippen LogP contribution >= 0.6 is 0 Å². The molecule has 2 aliphatic heterocycles. The number of pyridine rings is 2. The van der Waals surface area contributed by atoms with Crippen molar-refractivity contribution >= 4 is 70.7 Å². The highest BCUT2D eigenvalue weighted by Gasteiger charge is 2.51. The van der Waals surface area contributed by atoms with Gasteiger partial charge in [0.25, 0.3) is 34.8 Å². The molecular formula is C37H23BN7O16. The highest BCUT2D eigenvalue weighted by atomic mass is 16.7. The molecule has 5 aromatic rings. The molecule has 61 heavy (non-hydrogen) atoms. The minimum absolute atomic E-state index is 0.0117. The van der Waals surface area contributed by atoms with Crippen molar-refractivity contribution in [1.82, 2.24) is 9.55 Å². The summed E-state index contributed by atoms with van der Waals surface area (Å²) >= 11 is 0. The maximum absolute atomic E-state index is 14.0. The Morgan fingerprint density at radius 1 is 0.951 bits per heavy atom. The van der Waals surface area contributed by atoms with Crippen LogP contribution in [0.25, 0.3) is 33.4 Å². The Morgan fingerprint density at radius 3 is 2.16 bits per heavy atom. The third-order valence-corrected chi connectivity index (χ3v) is 10.4. The molecule has 3 aromatic carbocycles. The quantitative estimate of drug-likeness (QED) is 0.0559. The number of nitro groups is 4. The van der Waals surface area contributed by atoms with E-state index in [4.69, 9.17) is 23.9 Å². The van der Waals surface area contributed by atoms with Crippen molar-refractivity contribution in [1.29, 1.82) is 0 Å². The Hall–Kier alpha value is -8.44. The Bertz CT molecular complexity index is 2900. The van der Waals surface area contributed by atoms with Crippen LogP contribution in [0.3, 0.4) is 0 Å². The normalized spacial score (nSPS) is 15.8. The Kier molecular flexibility index (Phi) is 9.32. The molecule has 0 unspecified atom stereocenters. The van der Waals surface area contributed by atoms with E-state index in [1.807, 2.05) is 6.07 Å². The summed E-state index contributed by atoms with van der Waals surface area (Å²) in [7, 11) is 1.26. The number of carbonyl (C=O) groups is 3. The minimum atomic E-state index is -2.22. The largest absolute Gasteiger partial charge is 0.535 e. The van der Waals surface area contributed by atoms with Crippen LogP contribution in [0.1, 0.15) is 48.1 Å². The second-order valence-corrected chi connectivity index (χ2v) is 13.8. The molecule has 0 fully saturated rings. The molecule has 4 heterocycles. The molecule has 8 rings (SSSR count). The van der Waals surface area contributed by atoms with E-state index in [9.17, 15) is 59.6 Å². The van der Waals surface area contributed by atoms with E-state index in [1.165, 1.54) is 25.0 Å². The van der Waals surface area contributed by atoms with Crippen LogP contribution in [0.4, 0.5) is 22.7 Å². The maximum Gasteiger partial charge on any atom is 0.412 e. The van der Waals surface area contributed by atoms with Crippen molar-refractivity contribution in [2.75, 3.05) is 0 Å². The molecule has 2 aromatic heterocycles. The van der Waals surface area contributed by atoms with Gasteiger partial charge >= 0.3 is 19.4 Å². The van der Waals surface area contributed by atoms with Crippen LogP contribution < -0.4 is 11.0 Å². The third kappa shape index (κ3) is 6.23. The van der Waals surface area contributed by atoms with Crippen molar-refractivity contribution in [2.24, 2.45) is 5.16 Å². The summed E-state index contributed by atoms with van der Waals surface area (Å²) < 4.78 is 17.4. The van der Waals surface area contributed by atoms with Crippen molar-refractivity contribution < 1.29 is 53.0 Å². The number of hydrogen-bond donors (Lipinski definition) is 0. The first-order valence-corrected chi connectivity index (χ1v) is 17.8. The number of nitrogens with zero attached hydrogens (tertiary/aromatic N) is 7. The molecule has 24 heteroatoms. The lowest BCUT2D eigenvalue weighted by Crippen LogP contribution is -2.48. The molecule has 0 amide bonds. The summed E-state index contributed by atoms with van der Waals surface area (Å²) in [6.45, 7) is 2.53. The lowest BCUT2D eigenvalue weighted by Gasteiger charge is -2.36. The van der Waals surface area contributed by atoms with Gasteiger partial charge in [-0.05, 0) is 37.0 Å². The third-order valence-electron chi connectivity index (χ3n) is 10.4. The van der Waals surface area contributed by atoms with E-state index >= 15 is 0 Å². The molecule has 0 saturated heterocycles. The average Bonchev–Trinajstić information content (AvgIpc) is 3.75. The Balaban J connectivity index is 1.17. The zero-order valence-corrected chi connectivity index (χ0v) is 31.2. The van der Waals surface area contributed by atoms with Crippen LogP contribution in [-0.2, 0) is 52.1 Å². The smallest absolute Gasteiger partial charge is 0.412 e. The van der Waals surface area contributed by atoms with Crippen LogP contribution in [-0.4, -0.2) is 67.0 Å². The molecule has 1 aliphatic carbocycles. The number of nitro benzene ring substituents is 4. The van der Waals surface area contributed by atoms with Crippen molar-refractivity contribution in [3.63, 3.8) is 0 Å². The van der Waals surface area contributed by atoms with Gasteiger partial charge in [0.1, 0.15) is 12.3 Å². The summed E-state index contributed by atoms with van der Waals surface area (Å²) in [5.74, 6) is -2.29. The molecule has 0 spiro atoms. The van der Waals surface area contributed by atoms with Gasteiger partial charge in [-0.25, -0.2) is 14.6 Å². The van der Waals surface area contributed by atoms with Crippen LogP contribution in [0.5, 0.6) is 0 Å². The Labute approximate surface area is 339 Å². The van der Waals surface area contributed by atoms with E-state index in [0.717, 1.165) is 19.1 Å². The van der Waals surface area contributed by atoms with Gasteiger partial charge in [-0.15, -0.1) is 0 Å². The first kappa shape index (κ1) is 39.4.